The Labute approximate surface area is 129 Å². The van der Waals surface area contributed by atoms with Gasteiger partial charge >= 0.3 is 0 Å². The molecule has 0 aliphatic heterocycles. The van der Waals surface area contributed by atoms with E-state index in [2.05, 4.69) is 43.1 Å². The lowest BCUT2D eigenvalue weighted by Gasteiger charge is -2.26. The van der Waals surface area contributed by atoms with Crippen molar-refractivity contribution in [2.24, 2.45) is 0 Å². The lowest BCUT2D eigenvalue weighted by Crippen LogP contribution is -2.26. The summed E-state index contributed by atoms with van der Waals surface area (Å²) in [5.74, 6) is 0.422. The van der Waals surface area contributed by atoms with Crippen molar-refractivity contribution in [2.45, 2.75) is 65.0 Å². The molecule has 1 aromatic carbocycles. The minimum absolute atomic E-state index is 0.198. The summed E-state index contributed by atoms with van der Waals surface area (Å²) in [5, 5.41) is 13.8. The Hall–Kier alpha value is -1.22. The first kappa shape index (κ1) is 16.2. The summed E-state index contributed by atoms with van der Waals surface area (Å²) in [7, 11) is 0. The number of nitrogens with one attached hydrogen (secondary N) is 1. The van der Waals surface area contributed by atoms with E-state index in [1.807, 2.05) is 6.07 Å². The standard InChI is InChI=1S/C18H30N2O/c1-4-6-12-20(15-7-8-15)16-9-10-17(18(21)13-16)14(3)19-11-5-2/h9-10,13-15,19,21H,4-8,11-12H2,1-3H3. The van der Waals surface area contributed by atoms with Crippen LogP contribution in [0.5, 0.6) is 5.75 Å². The van der Waals surface area contributed by atoms with Crippen molar-refractivity contribution in [3.05, 3.63) is 23.8 Å². The molecule has 1 aromatic rings. The van der Waals surface area contributed by atoms with Gasteiger partial charge in [-0.05, 0) is 45.2 Å². The molecule has 2 rings (SSSR count). The number of phenols is 1. The highest BCUT2D eigenvalue weighted by atomic mass is 16.3. The smallest absolute Gasteiger partial charge is 0.122 e. The molecule has 0 heterocycles. The monoisotopic (exact) mass is 290 g/mol. The van der Waals surface area contributed by atoms with E-state index in [9.17, 15) is 5.11 Å². The number of benzene rings is 1. The molecule has 1 unspecified atom stereocenters. The van der Waals surface area contributed by atoms with Crippen molar-refractivity contribution in [2.75, 3.05) is 18.0 Å². The summed E-state index contributed by atoms with van der Waals surface area (Å²) in [5.41, 5.74) is 2.17. The van der Waals surface area contributed by atoms with E-state index in [1.54, 1.807) is 0 Å². The van der Waals surface area contributed by atoms with Crippen molar-refractivity contribution < 1.29 is 5.11 Å². The van der Waals surface area contributed by atoms with Gasteiger partial charge < -0.3 is 15.3 Å². The zero-order chi connectivity index (χ0) is 15.2. The van der Waals surface area contributed by atoms with Crippen LogP contribution >= 0.6 is 0 Å². The normalized spacial score (nSPS) is 16.0. The third-order valence-corrected chi connectivity index (χ3v) is 4.25. The molecule has 0 amide bonds. The average molecular weight is 290 g/mol. The van der Waals surface area contributed by atoms with Gasteiger partial charge in [0.1, 0.15) is 5.75 Å². The average Bonchev–Trinajstić information content (AvgIpc) is 3.30. The van der Waals surface area contributed by atoms with Crippen LogP contribution in [0.1, 0.15) is 64.5 Å². The van der Waals surface area contributed by atoms with Gasteiger partial charge in [0.05, 0.1) is 0 Å². The summed E-state index contributed by atoms with van der Waals surface area (Å²) < 4.78 is 0. The maximum atomic E-state index is 10.4. The highest BCUT2D eigenvalue weighted by Gasteiger charge is 2.29. The van der Waals surface area contributed by atoms with Gasteiger partial charge in [0.2, 0.25) is 0 Å². The molecule has 1 saturated carbocycles. The number of phenolic OH excluding ortho intramolecular Hbond substituents is 1. The van der Waals surface area contributed by atoms with E-state index < -0.39 is 0 Å². The van der Waals surface area contributed by atoms with Crippen LogP contribution in [0, 0.1) is 0 Å². The molecule has 1 aliphatic rings. The topological polar surface area (TPSA) is 35.5 Å². The van der Waals surface area contributed by atoms with Crippen LogP contribution in [-0.4, -0.2) is 24.2 Å². The first-order valence-electron chi connectivity index (χ1n) is 8.50. The highest BCUT2D eigenvalue weighted by molar-refractivity contribution is 5.55. The van der Waals surface area contributed by atoms with Crippen LogP contribution < -0.4 is 10.2 Å². The summed E-state index contributed by atoms with van der Waals surface area (Å²) in [6.45, 7) is 8.58. The first-order chi connectivity index (χ1) is 10.2. The molecule has 0 bridgehead atoms. The van der Waals surface area contributed by atoms with Crippen LogP contribution in [0.25, 0.3) is 0 Å². The number of rotatable bonds is 9. The van der Waals surface area contributed by atoms with Gasteiger partial charge in [-0.15, -0.1) is 0 Å². The Kier molecular flexibility index (Phi) is 5.92. The number of hydrogen-bond donors (Lipinski definition) is 2. The fraction of sp³-hybridized carbons (Fsp3) is 0.667. The molecule has 0 aromatic heterocycles. The quantitative estimate of drug-likeness (QED) is 0.714. The van der Waals surface area contributed by atoms with E-state index >= 15 is 0 Å². The predicted molar refractivity (Wildman–Crippen MR) is 90.1 cm³/mol. The summed E-state index contributed by atoms with van der Waals surface area (Å²) >= 11 is 0. The lowest BCUT2D eigenvalue weighted by molar-refractivity contribution is 0.452. The van der Waals surface area contributed by atoms with E-state index in [1.165, 1.54) is 31.4 Å². The van der Waals surface area contributed by atoms with Crippen LogP contribution in [0.15, 0.2) is 18.2 Å². The van der Waals surface area contributed by atoms with Gasteiger partial charge in [0, 0.05) is 35.9 Å². The molecule has 118 valence electrons. The summed E-state index contributed by atoms with van der Waals surface area (Å²) in [4.78, 5) is 2.47. The largest absolute Gasteiger partial charge is 0.508 e. The Bertz CT molecular complexity index is 443. The maximum Gasteiger partial charge on any atom is 0.122 e. The van der Waals surface area contributed by atoms with Gasteiger partial charge in [-0.3, -0.25) is 0 Å². The molecule has 1 fully saturated rings. The highest BCUT2D eigenvalue weighted by Crippen LogP contribution is 2.35. The Morgan fingerprint density at radius 3 is 2.62 bits per heavy atom. The van der Waals surface area contributed by atoms with E-state index in [-0.39, 0.29) is 6.04 Å². The van der Waals surface area contributed by atoms with Crippen LogP contribution in [0.3, 0.4) is 0 Å². The maximum absolute atomic E-state index is 10.4. The zero-order valence-electron chi connectivity index (χ0n) is 13.7. The van der Waals surface area contributed by atoms with Crippen molar-refractivity contribution >= 4 is 5.69 Å². The molecule has 3 nitrogen and oxygen atoms in total. The molecule has 1 atom stereocenters. The van der Waals surface area contributed by atoms with Crippen molar-refractivity contribution in [3.8, 4) is 5.75 Å². The fourth-order valence-electron chi connectivity index (χ4n) is 2.78. The number of hydrogen-bond acceptors (Lipinski definition) is 3. The molecular weight excluding hydrogens is 260 g/mol. The minimum atomic E-state index is 0.198. The third-order valence-electron chi connectivity index (χ3n) is 4.25. The number of unbranched alkanes of at least 4 members (excludes halogenated alkanes) is 1. The number of anilines is 1. The molecule has 2 N–H and O–H groups in total. The first-order valence-corrected chi connectivity index (χ1v) is 8.50. The van der Waals surface area contributed by atoms with Crippen LogP contribution in [0.2, 0.25) is 0 Å². The van der Waals surface area contributed by atoms with Gasteiger partial charge in [-0.1, -0.05) is 26.3 Å². The van der Waals surface area contributed by atoms with E-state index in [4.69, 9.17) is 0 Å². The Balaban J connectivity index is 2.09. The van der Waals surface area contributed by atoms with Crippen molar-refractivity contribution in [1.82, 2.24) is 5.32 Å². The Morgan fingerprint density at radius 1 is 1.29 bits per heavy atom. The molecular formula is C18H30N2O. The summed E-state index contributed by atoms with van der Waals surface area (Å²) in [6, 6.07) is 7.10. The van der Waals surface area contributed by atoms with Crippen LogP contribution in [0.4, 0.5) is 5.69 Å². The second-order valence-corrected chi connectivity index (χ2v) is 6.20. The second-order valence-electron chi connectivity index (χ2n) is 6.20. The van der Waals surface area contributed by atoms with Gasteiger partial charge in [-0.2, -0.15) is 0 Å². The third kappa shape index (κ3) is 4.37. The van der Waals surface area contributed by atoms with Gasteiger partial charge in [0.25, 0.3) is 0 Å². The molecule has 0 saturated heterocycles. The van der Waals surface area contributed by atoms with E-state index in [0.29, 0.717) is 11.8 Å². The fourth-order valence-corrected chi connectivity index (χ4v) is 2.78. The predicted octanol–water partition coefficient (Wildman–Crippen LogP) is 4.22. The molecule has 1 aliphatic carbocycles. The number of nitrogens with zero attached hydrogens (tertiary/aromatic N) is 1. The van der Waals surface area contributed by atoms with Crippen molar-refractivity contribution in [3.63, 3.8) is 0 Å². The SMILES string of the molecule is CCCCN(c1ccc(C(C)NCCC)c(O)c1)C1CC1. The summed E-state index contributed by atoms with van der Waals surface area (Å²) in [6.07, 6.45) is 6.12. The number of aromatic hydroxyl groups is 1. The van der Waals surface area contributed by atoms with Crippen LogP contribution in [-0.2, 0) is 0 Å². The van der Waals surface area contributed by atoms with Crippen molar-refractivity contribution in [1.29, 1.82) is 0 Å². The zero-order valence-corrected chi connectivity index (χ0v) is 13.7. The molecule has 3 heteroatoms. The Morgan fingerprint density at radius 2 is 2.05 bits per heavy atom. The lowest BCUT2D eigenvalue weighted by atomic mass is 10.1. The minimum Gasteiger partial charge on any atom is -0.508 e. The van der Waals surface area contributed by atoms with Gasteiger partial charge in [-0.25, -0.2) is 0 Å². The van der Waals surface area contributed by atoms with Gasteiger partial charge in [0.15, 0.2) is 0 Å². The van der Waals surface area contributed by atoms with E-state index in [0.717, 1.165) is 25.1 Å². The molecule has 0 radical (unpaired) electrons. The molecule has 21 heavy (non-hydrogen) atoms. The molecule has 0 spiro atoms. The second kappa shape index (κ2) is 7.69.